The summed E-state index contributed by atoms with van der Waals surface area (Å²) >= 11 is -1.05. The SMILES string of the molecule is CCCS(=O)OC(C)C. The predicted octanol–water partition coefficient (Wildman–Crippen LogP) is 1.49. The van der Waals surface area contributed by atoms with E-state index in [1.807, 2.05) is 20.8 Å². The lowest BCUT2D eigenvalue weighted by Crippen LogP contribution is -2.08. The molecule has 1 unspecified atom stereocenters. The van der Waals surface area contributed by atoms with Crippen molar-refractivity contribution in [2.75, 3.05) is 5.75 Å². The Balaban J connectivity index is 3.27. The monoisotopic (exact) mass is 150 g/mol. The van der Waals surface area contributed by atoms with Crippen LogP contribution in [0.2, 0.25) is 0 Å². The van der Waals surface area contributed by atoms with E-state index in [2.05, 4.69) is 0 Å². The second-order valence-corrected chi connectivity index (χ2v) is 3.36. The number of hydrogen-bond donors (Lipinski definition) is 0. The van der Waals surface area contributed by atoms with Crippen LogP contribution in [0.5, 0.6) is 0 Å². The molecule has 0 N–H and O–H groups in total. The average molecular weight is 150 g/mol. The normalized spacial score (nSPS) is 14.2. The highest BCUT2D eigenvalue weighted by Gasteiger charge is 1.99. The lowest BCUT2D eigenvalue weighted by atomic mass is 10.5. The van der Waals surface area contributed by atoms with Gasteiger partial charge in [-0.15, -0.1) is 0 Å². The van der Waals surface area contributed by atoms with Crippen molar-refractivity contribution in [1.29, 1.82) is 0 Å². The summed E-state index contributed by atoms with van der Waals surface area (Å²) in [4.78, 5) is 0. The van der Waals surface area contributed by atoms with Crippen LogP contribution in [0, 0.1) is 0 Å². The Morgan fingerprint density at radius 1 is 1.56 bits per heavy atom. The average Bonchev–Trinajstić information content (AvgIpc) is 1.63. The van der Waals surface area contributed by atoms with Crippen molar-refractivity contribution >= 4 is 11.1 Å². The largest absolute Gasteiger partial charge is 0.288 e. The zero-order valence-electron chi connectivity index (χ0n) is 6.22. The summed E-state index contributed by atoms with van der Waals surface area (Å²) in [5.41, 5.74) is 0. The van der Waals surface area contributed by atoms with Crippen LogP contribution in [0.4, 0.5) is 0 Å². The summed E-state index contributed by atoms with van der Waals surface area (Å²) in [6.07, 6.45) is 0.997. The Bertz CT molecular complexity index is 91.1. The molecule has 0 spiro atoms. The van der Waals surface area contributed by atoms with E-state index >= 15 is 0 Å². The smallest absolute Gasteiger partial charge is 0.155 e. The van der Waals surface area contributed by atoms with Crippen LogP contribution in [-0.2, 0) is 15.3 Å². The lowest BCUT2D eigenvalue weighted by molar-refractivity contribution is 0.270. The topological polar surface area (TPSA) is 26.3 Å². The first-order chi connectivity index (χ1) is 4.16. The highest BCUT2D eigenvalue weighted by Crippen LogP contribution is 1.94. The maximum Gasteiger partial charge on any atom is 0.155 e. The minimum Gasteiger partial charge on any atom is -0.288 e. The number of hydrogen-bond acceptors (Lipinski definition) is 2. The minimum atomic E-state index is -1.05. The van der Waals surface area contributed by atoms with Gasteiger partial charge in [0, 0.05) is 5.75 Å². The molecular formula is C6H14O2S. The van der Waals surface area contributed by atoms with Crippen LogP contribution in [-0.4, -0.2) is 16.1 Å². The van der Waals surface area contributed by atoms with Crippen LogP contribution in [0.3, 0.4) is 0 Å². The van der Waals surface area contributed by atoms with Gasteiger partial charge in [-0.1, -0.05) is 6.92 Å². The molecule has 0 rings (SSSR count). The molecule has 0 amide bonds. The zero-order valence-corrected chi connectivity index (χ0v) is 7.03. The van der Waals surface area contributed by atoms with E-state index in [0.717, 1.165) is 6.42 Å². The number of rotatable bonds is 4. The molecule has 3 heteroatoms. The maximum atomic E-state index is 10.7. The van der Waals surface area contributed by atoms with Crippen LogP contribution in [0.25, 0.3) is 0 Å². The van der Waals surface area contributed by atoms with Gasteiger partial charge in [0.2, 0.25) is 0 Å². The Morgan fingerprint density at radius 2 is 2.11 bits per heavy atom. The molecule has 0 radical (unpaired) electrons. The molecule has 0 aromatic rings. The van der Waals surface area contributed by atoms with Crippen molar-refractivity contribution in [1.82, 2.24) is 0 Å². The first-order valence-electron chi connectivity index (χ1n) is 3.22. The zero-order chi connectivity index (χ0) is 7.28. The predicted molar refractivity (Wildman–Crippen MR) is 39.5 cm³/mol. The fraction of sp³-hybridized carbons (Fsp3) is 1.00. The summed E-state index contributed by atoms with van der Waals surface area (Å²) in [6, 6.07) is 0. The molecule has 0 fully saturated rings. The molecule has 1 atom stereocenters. The van der Waals surface area contributed by atoms with E-state index in [4.69, 9.17) is 4.18 Å². The molecule has 56 valence electrons. The van der Waals surface area contributed by atoms with Crippen LogP contribution in [0.1, 0.15) is 27.2 Å². The third-order valence-corrected chi connectivity index (χ3v) is 2.01. The van der Waals surface area contributed by atoms with Gasteiger partial charge in [-0.3, -0.25) is 4.18 Å². The van der Waals surface area contributed by atoms with Crippen molar-refractivity contribution < 1.29 is 8.39 Å². The molecule has 0 aliphatic rings. The fourth-order valence-electron chi connectivity index (χ4n) is 0.429. The van der Waals surface area contributed by atoms with Crippen molar-refractivity contribution in [2.45, 2.75) is 33.3 Å². The van der Waals surface area contributed by atoms with Gasteiger partial charge >= 0.3 is 0 Å². The molecule has 0 aliphatic carbocycles. The molecule has 0 aromatic heterocycles. The van der Waals surface area contributed by atoms with E-state index in [1.54, 1.807) is 0 Å². The minimum absolute atomic E-state index is 0.0809. The van der Waals surface area contributed by atoms with Crippen molar-refractivity contribution in [3.63, 3.8) is 0 Å². The summed E-state index contributed by atoms with van der Waals surface area (Å²) in [5.74, 6) is 0.651. The summed E-state index contributed by atoms with van der Waals surface area (Å²) < 4.78 is 15.7. The van der Waals surface area contributed by atoms with Gasteiger partial charge < -0.3 is 0 Å². The third-order valence-electron chi connectivity index (χ3n) is 0.671. The molecular weight excluding hydrogens is 136 g/mol. The summed E-state index contributed by atoms with van der Waals surface area (Å²) in [6.45, 7) is 5.75. The third kappa shape index (κ3) is 5.99. The van der Waals surface area contributed by atoms with E-state index in [1.165, 1.54) is 0 Å². The highest BCUT2D eigenvalue weighted by atomic mass is 32.2. The van der Waals surface area contributed by atoms with E-state index in [9.17, 15) is 4.21 Å². The van der Waals surface area contributed by atoms with Crippen LogP contribution in [0.15, 0.2) is 0 Å². The van der Waals surface area contributed by atoms with Gasteiger partial charge in [-0.2, -0.15) is 0 Å². The Kier molecular flexibility index (Phi) is 5.00. The van der Waals surface area contributed by atoms with Crippen molar-refractivity contribution in [2.24, 2.45) is 0 Å². The highest BCUT2D eigenvalue weighted by molar-refractivity contribution is 7.80. The van der Waals surface area contributed by atoms with Gasteiger partial charge in [0.25, 0.3) is 0 Å². The van der Waals surface area contributed by atoms with E-state index in [0.29, 0.717) is 5.75 Å². The molecule has 0 aliphatic heterocycles. The van der Waals surface area contributed by atoms with Crippen molar-refractivity contribution in [3.05, 3.63) is 0 Å². The quantitative estimate of drug-likeness (QED) is 0.607. The summed E-state index contributed by atoms with van der Waals surface area (Å²) in [7, 11) is 0. The molecule has 0 saturated heterocycles. The van der Waals surface area contributed by atoms with Crippen LogP contribution < -0.4 is 0 Å². The molecule has 0 bridgehead atoms. The molecule has 9 heavy (non-hydrogen) atoms. The Hall–Kier alpha value is 0.110. The molecule has 0 aromatic carbocycles. The second kappa shape index (κ2) is 4.94. The van der Waals surface area contributed by atoms with Gasteiger partial charge in [0.05, 0.1) is 6.10 Å². The first kappa shape index (κ1) is 9.11. The molecule has 2 nitrogen and oxygen atoms in total. The lowest BCUT2D eigenvalue weighted by Gasteiger charge is -2.03. The van der Waals surface area contributed by atoms with Crippen molar-refractivity contribution in [3.8, 4) is 0 Å². The standard InChI is InChI=1S/C6H14O2S/c1-4-5-9(7)8-6(2)3/h6H,4-5H2,1-3H3. The second-order valence-electron chi connectivity index (χ2n) is 2.15. The fourth-order valence-corrected chi connectivity index (χ4v) is 1.29. The van der Waals surface area contributed by atoms with E-state index < -0.39 is 11.1 Å². The molecule has 0 saturated carbocycles. The Labute approximate surface area is 59.3 Å². The van der Waals surface area contributed by atoms with Gasteiger partial charge in [-0.05, 0) is 20.3 Å². The first-order valence-corrected chi connectivity index (χ1v) is 4.46. The van der Waals surface area contributed by atoms with E-state index in [-0.39, 0.29) is 6.10 Å². The summed E-state index contributed by atoms with van der Waals surface area (Å²) in [5, 5.41) is 0. The van der Waals surface area contributed by atoms with Crippen LogP contribution >= 0.6 is 0 Å². The van der Waals surface area contributed by atoms with Gasteiger partial charge in [0.1, 0.15) is 0 Å². The Morgan fingerprint density at radius 3 is 2.44 bits per heavy atom. The maximum absolute atomic E-state index is 10.7. The van der Waals surface area contributed by atoms with Gasteiger partial charge in [0.15, 0.2) is 11.1 Å². The van der Waals surface area contributed by atoms with Gasteiger partial charge in [-0.25, -0.2) is 4.21 Å². The molecule has 0 heterocycles.